The summed E-state index contributed by atoms with van der Waals surface area (Å²) < 4.78 is 16.7. The van der Waals surface area contributed by atoms with Crippen molar-refractivity contribution in [3.63, 3.8) is 0 Å². The molecule has 0 aliphatic heterocycles. The zero-order chi connectivity index (χ0) is 10.5. The van der Waals surface area contributed by atoms with Gasteiger partial charge in [-0.1, -0.05) is 13.8 Å². The Balaban J connectivity index is 4.41. The van der Waals surface area contributed by atoms with E-state index in [0.717, 1.165) is 12.5 Å². The first-order valence-electron chi connectivity index (χ1n) is 4.75. The van der Waals surface area contributed by atoms with Crippen LogP contribution < -0.4 is 0 Å². The predicted molar refractivity (Wildman–Crippen MR) is 55.7 cm³/mol. The summed E-state index contributed by atoms with van der Waals surface area (Å²) >= 11 is 0. The maximum absolute atomic E-state index is 5.92. The second kappa shape index (κ2) is 5.10. The van der Waals surface area contributed by atoms with Crippen molar-refractivity contribution in [2.75, 3.05) is 14.2 Å². The third-order valence-corrected chi connectivity index (χ3v) is 5.31. The van der Waals surface area contributed by atoms with Crippen molar-refractivity contribution in [1.82, 2.24) is 0 Å². The van der Waals surface area contributed by atoms with Gasteiger partial charge < -0.3 is 13.3 Å². The quantitative estimate of drug-likeness (QED) is 0.625. The Morgan fingerprint density at radius 1 is 1.08 bits per heavy atom. The summed E-state index contributed by atoms with van der Waals surface area (Å²) in [6.07, 6.45) is 0.953. The highest BCUT2D eigenvalue weighted by atomic mass is 28.4. The van der Waals surface area contributed by atoms with Crippen molar-refractivity contribution in [1.29, 1.82) is 0 Å². The monoisotopic (exact) mass is 206 g/mol. The first-order valence-corrected chi connectivity index (χ1v) is 6.69. The average Bonchev–Trinajstić information content (AvgIpc) is 2.14. The summed E-state index contributed by atoms with van der Waals surface area (Å²) in [5, 5.41) is 0. The number of rotatable bonds is 6. The van der Waals surface area contributed by atoms with Crippen LogP contribution in [0.1, 0.15) is 34.1 Å². The van der Waals surface area contributed by atoms with Crippen LogP contribution in [-0.2, 0) is 13.3 Å². The molecule has 0 radical (unpaired) electrons. The Morgan fingerprint density at radius 3 is 1.77 bits per heavy atom. The zero-order valence-electron chi connectivity index (χ0n) is 9.64. The molecule has 80 valence electrons. The van der Waals surface area contributed by atoms with Crippen LogP contribution in [0.5, 0.6) is 0 Å². The molecule has 0 heterocycles. The summed E-state index contributed by atoms with van der Waals surface area (Å²) in [6.45, 7) is 8.25. The van der Waals surface area contributed by atoms with E-state index in [4.69, 9.17) is 13.3 Å². The normalized spacial score (nSPS) is 13.4. The molecular formula is C9H22O3Si. The van der Waals surface area contributed by atoms with E-state index in [1.54, 1.807) is 14.2 Å². The zero-order valence-corrected chi connectivity index (χ0v) is 10.6. The van der Waals surface area contributed by atoms with E-state index in [9.17, 15) is 0 Å². The van der Waals surface area contributed by atoms with Gasteiger partial charge >= 0.3 is 8.80 Å². The fourth-order valence-electron chi connectivity index (χ4n) is 1.02. The largest absolute Gasteiger partial charge is 0.500 e. The summed E-state index contributed by atoms with van der Waals surface area (Å²) in [5.41, 5.74) is -0.158. The van der Waals surface area contributed by atoms with Gasteiger partial charge in [0.25, 0.3) is 0 Å². The molecule has 0 bridgehead atoms. The average molecular weight is 206 g/mol. The van der Waals surface area contributed by atoms with E-state index in [1.165, 1.54) is 0 Å². The predicted octanol–water partition coefficient (Wildman–Crippen LogP) is 2.44. The summed E-state index contributed by atoms with van der Waals surface area (Å²) in [7, 11) is 0.942. The highest BCUT2D eigenvalue weighted by molar-refractivity contribution is 6.60. The lowest BCUT2D eigenvalue weighted by molar-refractivity contribution is 0.00393. The standard InChI is InChI=1S/C9H22O3Si/c1-7-9(3,4)12-13(8-2,10-5)11-6/h7-8H2,1-6H3. The topological polar surface area (TPSA) is 27.7 Å². The van der Waals surface area contributed by atoms with Gasteiger partial charge in [0.15, 0.2) is 0 Å². The van der Waals surface area contributed by atoms with Crippen LogP contribution in [0.4, 0.5) is 0 Å². The van der Waals surface area contributed by atoms with Gasteiger partial charge in [-0.25, -0.2) is 0 Å². The van der Waals surface area contributed by atoms with Gasteiger partial charge in [-0.15, -0.1) is 0 Å². The molecule has 0 spiro atoms. The Bertz CT molecular complexity index is 136. The van der Waals surface area contributed by atoms with E-state index in [0.29, 0.717) is 0 Å². The number of hydrogen-bond acceptors (Lipinski definition) is 3. The lowest BCUT2D eigenvalue weighted by Crippen LogP contribution is -2.49. The van der Waals surface area contributed by atoms with Gasteiger partial charge in [0.05, 0.1) is 5.60 Å². The van der Waals surface area contributed by atoms with Gasteiger partial charge in [0.2, 0.25) is 0 Å². The molecule has 13 heavy (non-hydrogen) atoms. The molecule has 0 aliphatic rings. The van der Waals surface area contributed by atoms with Crippen molar-refractivity contribution in [3.8, 4) is 0 Å². The van der Waals surface area contributed by atoms with Crippen LogP contribution in [0.2, 0.25) is 6.04 Å². The molecule has 3 nitrogen and oxygen atoms in total. The van der Waals surface area contributed by atoms with E-state index in [1.807, 2.05) is 6.92 Å². The fraction of sp³-hybridized carbons (Fsp3) is 1.00. The lowest BCUT2D eigenvalue weighted by Gasteiger charge is -2.34. The summed E-state index contributed by atoms with van der Waals surface area (Å²) in [6, 6.07) is 0.809. The molecule has 0 rings (SSSR count). The minimum absolute atomic E-state index is 0.158. The molecule has 4 heteroatoms. The number of hydrogen-bond donors (Lipinski definition) is 0. The SMILES string of the molecule is CCC(C)(C)O[Si](CC)(OC)OC. The first kappa shape index (κ1) is 13.1. The van der Waals surface area contributed by atoms with Gasteiger partial charge in [-0.05, 0) is 20.3 Å². The highest BCUT2D eigenvalue weighted by Crippen LogP contribution is 2.23. The van der Waals surface area contributed by atoms with Crippen molar-refractivity contribution in [2.45, 2.75) is 45.8 Å². The van der Waals surface area contributed by atoms with Gasteiger partial charge in [-0.3, -0.25) is 0 Å². The molecule has 0 fully saturated rings. The van der Waals surface area contributed by atoms with Crippen LogP contribution in [0.3, 0.4) is 0 Å². The third kappa shape index (κ3) is 3.77. The fourth-order valence-corrected chi connectivity index (χ4v) is 3.06. The molecule has 0 aliphatic carbocycles. The molecule has 0 saturated heterocycles. The highest BCUT2D eigenvalue weighted by Gasteiger charge is 2.41. The van der Waals surface area contributed by atoms with Crippen LogP contribution in [0.15, 0.2) is 0 Å². The molecule has 0 aromatic carbocycles. The van der Waals surface area contributed by atoms with Gasteiger partial charge in [-0.2, -0.15) is 0 Å². The molecular weight excluding hydrogens is 184 g/mol. The van der Waals surface area contributed by atoms with Crippen molar-refractivity contribution in [2.24, 2.45) is 0 Å². The van der Waals surface area contributed by atoms with Crippen LogP contribution >= 0.6 is 0 Å². The molecule has 0 aromatic heterocycles. The molecule has 0 unspecified atom stereocenters. The van der Waals surface area contributed by atoms with Crippen molar-refractivity contribution < 1.29 is 13.3 Å². The Morgan fingerprint density at radius 2 is 1.54 bits per heavy atom. The Hall–Kier alpha value is 0.0969. The summed E-state index contributed by atoms with van der Waals surface area (Å²) in [4.78, 5) is 0. The van der Waals surface area contributed by atoms with Gasteiger partial charge in [0.1, 0.15) is 0 Å². The van der Waals surface area contributed by atoms with Crippen LogP contribution in [-0.4, -0.2) is 28.6 Å². The maximum atomic E-state index is 5.92. The van der Waals surface area contributed by atoms with Crippen LogP contribution in [0, 0.1) is 0 Å². The third-order valence-electron chi connectivity index (χ3n) is 2.34. The van der Waals surface area contributed by atoms with E-state index >= 15 is 0 Å². The second-order valence-electron chi connectivity index (χ2n) is 3.66. The molecule has 0 atom stereocenters. The lowest BCUT2D eigenvalue weighted by atomic mass is 10.1. The van der Waals surface area contributed by atoms with Crippen LogP contribution in [0.25, 0.3) is 0 Å². The Labute approximate surface area is 82.8 Å². The van der Waals surface area contributed by atoms with E-state index < -0.39 is 8.80 Å². The maximum Gasteiger partial charge on any atom is 0.500 e. The molecule has 0 aromatic rings. The second-order valence-corrected chi connectivity index (χ2v) is 6.75. The Kier molecular flexibility index (Phi) is 5.13. The summed E-state index contributed by atoms with van der Waals surface area (Å²) in [5.74, 6) is 0. The van der Waals surface area contributed by atoms with E-state index in [-0.39, 0.29) is 5.60 Å². The van der Waals surface area contributed by atoms with E-state index in [2.05, 4.69) is 20.8 Å². The first-order chi connectivity index (χ1) is 5.95. The molecule has 0 amide bonds. The minimum Gasteiger partial charge on any atom is -0.377 e. The molecule has 0 N–H and O–H groups in total. The van der Waals surface area contributed by atoms with Crippen molar-refractivity contribution >= 4 is 8.80 Å². The minimum atomic E-state index is -2.37. The smallest absolute Gasteiger partial charge is 0.377 e. The van der Waals surface area contributed by atoms with Crippen molar-refractivity contribution in [3.05, 3.63) is 0 Å². The van der Waals surface area contributed by atoms with Gasteiger partial charge in [0, 0.05) is 20.3 Å². The molecule has 0 saturated carbocycles.